The van der Waals surface area contributed by atoms with Gasteiger partial charge < -0.3 is 9.88 Å². The van der Waals surface area contributed by atoms with Crippen LogP contribution in [0.15, 0.2) is 12.5 Å². The molecule has 0 aliphatic heterocycles. The zero-order valence-electron chi connectivity index (χ0n) is 9.68. The first kappa shape index (κ1) is 11.4. The van der Waals surface area contributed by atoms with Gasteiger partial charge in [-0.2, -0.15) is 4.98 Å². The second-order valence-electron chi connectivity index (χ2n) is 3.78. The van der Waals surface area contributed by atoms with E-state index in [9.17, 15) is 0 Å². The van der Waals surface area contributed by atoms with Crippen molar-refractivity contribution in [3.05, 3.63) is 22.8 Å². The van der Waals surface area contributed by atoms with Gasteiger partial charge in [0.1, 0.15) is 11.3 Å². The van der Waals surface area contributed by atoms with E-state index in [1.165, 1.54) is 11.3 Å². The second-order valence-corrected chi connectivity index (χ2v) is 5.30. The summed E-state index contributed by atoms with van der Waals surface area (Å²) >= 11 is 7.38. The van der Waals surface area contributed by atoms with Crippen molar-refractivity contribution in [2.24, 2.45) is 7.05 Å². The first-order chi connectivity index (χ1) is 8.61. The van der Waals surface area contributed by atoms with Crippen molar-refractivity contribution in [1.29, 1.82) is 0 Å². The zero-order chi connectivity index (χ0) is 12.7. The van der Waals surface area contributed by atoms with Gasteiger partial charge in [0.25, 0.3) is 0 Å². The van der Waals surface area contributed by atoms with Gasteiger partial charge in [-0.05, 0) is 18.5 Å². The zero-order valence-corrected chi connectivity index (χ0v) is 11.2. The summed E-state index contributed by atoms with van der Waals surface area (Å²) in [6.07, 6.45) is 3.55. The number of fused-ring (bicyclic) bond motifs is 1. The minimum Gasteiger partial charge on any atom is -0.338 e. The molecule has 8 heteroatoms. The van der Waals surface area contributed by atoms with Crippen LogP contribution in [0.4, 0.5) is 11.6 Å². The highest BCUT2D eigenvalue weighted by Crippen LogP contribution is 2.27. The summed E-state index contributed by atoms with van der Waals surface area (Å²) in [6.45, 7) is 1.92. The average molecular weight is 281 g/mol. The summed E-state index contributed by atoms with van der Waals surface area (Å²) < 4.78 is 1.84. The molecule has 0 saturated carbocycles. The topological polar surface area (TPSA) is 68.5 Å². The molecule has 0 radical (unpaired) electrons. The minimum atomic E-state index is 0.199. The molecule has 0 aliphatic rings. The first-order valence-corrected chi connectivity index (χ1v) is 6.37. The molecule has 0 bridgehead atoms. The largest absolute Gasteiger partial charge is 0.338 e. The van der Waals surface area contributed by atoms with E-state index in [0.29, 0.717) is 17.2 Å². The Morgan fingerprint density at radius 1 is 1.33 bits per heavy atom. The number of rotatable bonds is 2. The highest BCUT2D eigenvalue weighted by atomic mass is 35.5. The lowest BCUT2D eigenvalue weighted by atomic mass is 10.5. The van der Waals surface area contributed by atoms with Gasteiger partial charge in [0.2, 0.25) is 5.28 Å². The smallest absolute Gasteiger partial charge is 0.225 e. The number of hydrogen-bond donors (Lipinski definition) is 1. The summed E-state index contributed by atoms with van der Waals surface area (Å²) in [7, 11) is 1.90. The highest BCUT2D eigenvalue weighted by molar-refractivity contribution is 7.18. The number of aryl methyl sites for hydroxylation is 2. The van der Waals surface area contributed by atoms with Gasteiger partial charge in [0, 0.05) is 13.2 Å². The van der Waals surface area contributed by atoms with Crippen LogP contribution in [0.5, 0.6) is 0 Å². The van der Waals surface area contributed by atoms with Crippen molar-refractivity contribution in [2.45, 2.75) is 6.92 Å². The molecular weight excluding hydrogens is 272 g/mol. The van der Waals surface area contributed by atoms with E-state index in [4.69, 9.17) is 11.6 Å². The molecular formula is C10H9ClN6S. The molecule has 3 aromatic rings. The van der Waals surface area contributed by atoms with Crippen molar-refractivity contribution in [3.63, 3.8) is 0 Å². The molecule has 0 aromatic carbocycles. The fourth-order valence-corrected chi connectivity index (χ4v) is 2.59. The third-order valence-corrected chi connectivity index (χ3v) is 3.32. The van der Waals surface area contributed by atoms with Gasteiger partial charge >= 0.3 is 0 Å². The summed E-state index contributed by atoms with van der Waals surface area (Å²) in [5.74, 6) is 1.27. The summed E-state index contributed by atoms with van der Waals surface area (Å²) in [5.41, 5.74) is 0.715. The predicted octanol–water partition coefficient (Wildman–Crippen LogP) is 2.53. The number of hydrogen-bond acceptors (Lipinski definition) is 6. The lowest BCUT2D eigenvalue weighted by Crippen LogP contribution is -1.97. The predicted molar refractivity (Wildman–Crippen MR) is 71.4 cm³/mol. The van der Waals surface area contributed by atoms with E-state index in [1.807, 2.05) is 24.7 Å². The Kier molecular flexibility index (Phi) is 2.64. The van der Waals surface area contributed by atoms with Crippen LogP contribution in [-0.4, -0.2) is 24.5 Å². The van der Waals surface area contributed by atoms with Crippen LogP contribution in [-0.2, 0) is 7.05 Å². The van der Waals surface area contributed by atoms with Crippen molar-refractivity contribution in [2.75, 3.05) is 5.32 Å². The second kappa shape index (κ2) is 4.18. The number of aromatic nitrogens is 5. The molecule has 3 aromatic heterocycles. The number of nitrogens with zero attached hydrogens (tertiary/aromatic N) is 5. The third kappa shape index (κ3) is 2.02. The quantitative estimate of drug-likeness (QED) is 0.731. The molecule has 0 aliphatic carbocycles. The van der Waals surface area contributed by atoms with Gasteiger partial charge in [-0.25, -0.2) is 15.0 Å². The Labute approximate surface area is 112 Å². The molecule has 0 unspecified atom stereocenters. The monoisotopic (exact) mass is 280 g/mol. The normalized spacial score (nSPS) is 11.1. The van der Waals surface area contributed by atoms with Crippen molar-refractivity contribution in [1.82, 2.24) is 24.5 Å². The lowest BCUT2D eigenvalue weighted by Gasteiger charge is -2.02. The van der Waals surface area contributed by atoms with Gasteiger partial charge in [0.05, 0.1) is 11.3 Å². The molecule has 18 heavy (non-hydrogen) atoms. The van der Waals surface area contributed by atoms with Crippen LogP contribution < -0.4 is 5.32 Å². The Bertz CT molecular complexity index is 718. The van der Waals surface area contributed by atoms with Crippen LogP contribution in [0, 0.1) is 6.92 Å². The van der Waals surface area contributed by atoms with E-state index in [2.05, 4.69) is 25.3 Å². The van der Waals surface area contributed by atoms with E-state index >= 15 is 0 Å². The SMILES string of the molecule is Cc1nc2c(Nc3cn(C)cn3)nc(Cl)nc2s1. The van der Waals surface area contributed by atoms with E-state index in [0.717, 1.165) is 9.84 Å². The molecule has 6 nitrogen and oxygen atoms in total. The van der Waals surface area contributed by atoms with E-state index in [-0.39, 0.29) is 5.28 Å². The summed E-state index contributed by atoms with van der Waals surface area (Å²) in [4.78, 5) is 17.6. The standard InChI is InChI=1S/C10H9ClN6S/c1-5-13-7-8(14-6-3-17(2)4-12-6)15-10(11)16-9(7)18-5/h3-4H,1-2H3,(H,14,15,16). The van der Waals surface area contributed by atoms with Gasteiger partial charge in [-0.3, -0.25) is 0 Å². The van der Waals surface area contributed by atoms with E-state index < -0.39 is 0 Å². The maximum atomic E-state index is 5.90. The third-order valence-electron chi connectivity index (χ3n) is 2.29. The Hall–Kier alpha value is -1.73. The Balaban J connectivity index is 2.10. The molecule has 0 atom stereocenters. The summed E-state index contributed by atoms with van der Waals surface area (Å²) in [6, 6.07) is 0. The average Bonchev–Trinajstić information content (AvgIpc) is 2.84. The van der Waals surface area contributed by atoms with Gasteiger partial charge in [-0.15, -0.1) is 0 Å². The Morgan fingerprint density at radius 2 is 2.17 bits per heavy atom. The molecule has 1 N–H and O–H groups in total. The number of nitrogens with one attached hydrogen (secondary N) is 1. The first-order valence-electron chi connectivity index (χ1n) is 5.17. The lowest BCUT2D eigenvalue weighted by molar-refractivity contribution is 0.913. The van der Waals surface area contributed by atoms with Crippen LogP contribution >= 0.6 is 22.9 Å². The number of imidazole rings is 1. The van der Waals surface area contributed by atoms with Gasteiger partial charge in [-0.1, -0.05) is 11.3 Å². The minimum absolute atomic E-state index is 0.199. The highest BCUT2D eigenvalue weighted by Gasteiger charge is 2.12. The molecule has 92 valence electrons. The molecule has 0 saturated heterocycles. The van der Waals surface area contributed by atoms with Crippen molar-refractivity contribution in [3.8, 4) is 0 Å². The van der Waals surface area contributed by atoms with Crippen molar-refractivity contribution >= 4 is 44.9 Å². The van der Waals surface area contributed by atoms with Crippen LogP contribution in [0.1, 0.15) is 5.01 Å². The molecule has 0 fully saturated rings. The number of anilines is 2. The van der Waals surface area contributed by atoms with Crippen LogP contribution in [0.3, 0.4) is 0 Å². The summed E-state index contributed by atoms with van der Waals surface area (Å²) in [5, 5.41) is 4.22. The van der Waals surface area contributed by atoms with E-state index in [1.54, 1.807) is 6.33 Å². The van der Waals surface area contributed by atoms with Crippen molar-refractivity contribution < 1.29 is 0 Å². The number of thiazole rings is 1. The maximum Gasteiger partial charge on any atom is 0.225 e. The fourth-order valence-electron chi connectivity index (χ4n) is 1.59. The van der Waals surface area contributed by atoms with Gasteiger partial charge in [0.15, 0.2) is 10.6 Å². The molecule has 3 rings (SSSR count). The molecule has 3 heterocycles. The van der Waals surface area contributed by atoms with Crippen LogP contribution in [0.25, 0.3) is 10.3 Å². The number of halogens is 1. The Morgan fingerprint density at radius 3 is 2.89 bits per heavy atom. The van der Waals surface area contributed by atoms with Crippen LogP contribution in [0.2, 0.25) is 5.28 Å². The fraction of sp³-hybridized carbons (Fsp3) is 0.200. The maximum absolute atomic E-state index is 5.90. The molecule has 0 amide bonds. The molecule has 0 spiro atoms.